The maximum absolute atomic E-state index is 12.1. The molecule has 2 aromatic rings. The summed E-state index contributed by atoms with van der Waals surface area (Å²) >= 11 is 0. The van der Waals surface area contributed by atoms with Gasteiger partial charge in [0.1, 0.15) is 24.7 Å². The lowest BCUT2D eigenvalue weighted by molar-refractivity contribution is -0.147. The second-order valence-corrected chi connectivity index (χ2v) is 6.43. The van der Waals surface area contributed by atoms with Gasteiger partial charge in [0.15, 0.2) is 12.4 Å². The van der Waals surface area contributed by atoms with Gasteiger partial charge in [-0.2, -0.15) is 0 Å². The maximum Gasteiger partial charge on any atom is 0.344 e. The number of pyridine rings is 1. The SMILES string of the molecule is CCCOCCOC(=O)COc1c(C)n(CCOc2ccc(OC)cc2)ccc1=O. The number of carbonyl (C=O) groups is 1. The number of hydrogen-bond donors (Lipinski definition) is 0. The number of carbonyl (C=O) groups excluding carboxylic acids is 1. The van der Waals surface area contributed by atoms with Gasteiger partial charge in [-0.25, -0.2) is 4.79 Å². The van der Waals surface area contributed by atoms with Crippen LogP contribution in [0.3, 0.4) is 0 Å². The van der Waals surface area contributed by atoms with Crippen molar-refractivity contribution in [2.45, 2.75) is 26.8 Å². The van der Waals surface area contributed by atoms with Gasteiger partial charge < -0.3 is 28.3 Å². The first-order chi connectivity index (χ1) is 14.5. The first-order valence-electron chi connectivity index (χ1n) is 9.88. The average Bonchev–Trinajstić information content (AvgIpc) is 2.75. The Balaban J connectivity index is 1.84. The second kappa shape index (κ2) is 12.5. The van der Waals surface area contributed by atoms with E-state index in [9.17, 15) is 9.59 Å². The van der Waals surface area contributed by atoms with Gasteiger partial charge >= 0.3 is 5.97 Å². The molecule has 0 aliphatic rings. The molecule has 30 heavy (non-hydrogen) atoms. The Hall–Kier alpha value is -3.00. The van der Waals surface area contributed by atoms with Crippen LogP contribution in [0.25, 0.3) is 0 Å². The minimum atomic E-state index is -0.549. The van der Waals surface area contributed by atoms with Gasteiger partial charge in [-0.15, -0.1) is 0 Å². The number of methoxy groups -OCH3 is 1. The van der Waals surface area contributed by atoms with Gasteiger partial charge in [0.25, 0.3) is 0 Å². The van der Waals surface area contributed by atoms with Crippen molar-refractivity contribution in [2.24, 2.45) is 0 Å². The standard InChI is InChI=1S/C22H29NO7/c1-4-12-27-14-15-29-21(25)16-30-22-17(2)23(10-9-20(22)24)11-13-28-19-7-5-18(26-3)6-8-19/h5-10H,4,11-16H2,1-3H3. The zero-order valence-electron chi connectivity index (χ0n) is 17.7. The largest absolute Gasteiger partial charge is 0.497 e. The molecule has 0 amide bonds. The summed E-state index contributed by atoms with van der Waals surface area (Å²) in [5.74, 6) is 1.05. The molecule has 0 aliphatic heterocycles. The number of hydrogen-bond acceptors (Lipinski definition) is 7. The van der Waals surface area contributed by atoms with Crippen LogP contribution in [0.5, 0.6) is 17.2 Å². The van der Waals surface area contributed by atoms with E-state index in [0.717, 1.165) is 17.9 Å². The summed E-state index contributed by atoms with van der Waals surface area (Å²) in [6.45, 7) is 5.44. The highest BCUT2D eigenvalue weighted by atomic mass is 16.6. The van der Waals surface area contributed by atoms with Crippen LogP contribution in [-0.2, 0) is 20.8 Å². The number of benzene rings is 1. The zero-order chi connectivity index (χ0) is 21.8. The van der Waals surface area contributed by atoms with E-state index in [1.807, 2.05) is 35.8 Å². The van der Waals surface area contributed by atoms with E-state index in [-0.39, 0.29) is 24.4 Å². The highest BCUT2D eigenvalue weighted by molar-refractivity contribution is 5.71. The molecule has 164 valence electrons. The molecule has 0 N–H and O–H groups in total. The number of rotatable bonds is 13. The van der Waals surface area contributed by atoms with Crippen molar-refractivity contribution in [2.75, 3.05) is 40.1 Å². The van der Waals surface area contributed by atoms with E-state index in [2.05, 4.69) is 0 Å². The number of ether oxygens (including phenoxy) is 5. The van der Waals surface area contributed by atoms with Crippen LogP contribution in [0.2, 0.25) is 0 Å². The van der Waals surface area contributed by atoms with Crippen molar-refractivity contribution in [3.05, 3.63) is 52.4 Å². The third-order valence-electron chi connectivity index (χ3n) is 4.22. The minimum Gasteiger partial charge on any atom is -0.497 e. The smallest absolute Gasteiger partial charge is 0.344 e. The van der Waals surface area contributed by atoms with Gasteiger partial charge in [-0.3, -0.25) is 4.79 Å². The Labute approximate surface area is 176 Å². The molecule has 0 saturated carbocycles. The first kappa shape index (κ1) is 23.3. The zero-order valence-corrected chi connectivity index (χ0v) is 17.7. The van der Waals surface area contributed by atoms with Crippen molar-refractivity contribution >= 4 is 5.97 Å². The van der Waals surface area contributed by atoms with E-state index in [4.69, 9.17) is 23.7 Å². The summed E-state index contributed by atoms with van der Waals surface area (Å²) in [5.41, 5.74) is 0.318. The van der Waals surface area contributed by atoms with Gasteiger partial charge in [0.2, 0.25) is 5.43 Å². The molecule has 1 aromatic heterocycles. The Morgan fingerprint density at radius 3 is 2.40 bits per heavy atom. The minimum absolute atomic E-state index is 0.126. The number of aromatic nitrogens is 1. The molecule has 8 nitrogen and oxygen atoms in total. The molecule has 1 aromatic carbocycles. The number of nitrogens with zero attached hydrogens (tertiary/aromatic N) is 1. The third kappa shape index (κ3) is 7.44. The van der Waals surface area contributed by atoms with Crippen LogP contribution in [0.4, 0.5) is 0 Å². The molecule has 0 bridgehead atoms. The first-order valence-corrected chi connectivity index (χ1v) is 9.88. The fourth-order valence-corrected chi connectivity index (χ4v) is 2.64. The molecular formula is C22H29NO7. The van der Waals surface area contributed by atoms with E-state index in [0.29, 0.717) is 32.1 Å². The van der Waals surface area contributed by atoms with Crippen LogP contribution < -0.4 is 19.6 Å². The molecule has 0 spiro atoms. The van der Waals surface area contributed by atoms with E-state index in [1.54, 1.807) is 20.2 Å². The Bertz CT molecular complexity index is 846. The number of esters is 1. The summed E-state index contributed by atoms with van der Waals surface area (Å²) in [6.07, 6.45) is 2.58. The summed E-state index contributed by atoms with van der Waals surface area (Å²) in [7, 11) is 1.61. The van der Waals surface area contributed by atoms with Crippen LogP contribution in [0.15, 0.2) is 41.3 Å². The summed E-state index contributed by atoms with van der Waals surface area (Å²) < 4.78 is 28.4. The molecule has 0 aliphatic carbocycles. The van der Waals surface area contributed by atoms with Crippen molar-refractivity contribution in [3.8, 4) is 17.2 Å². The fourth-order valence-electron chi connectivity index (χ4n) is 2.64. The molecule has 8 heteroatoms. The molecule has 1 heterocycles. The summed E-state index contributed by atoms with van der Waals surface area (Å²) in [5, 5.41) is 0. The predicted octanol–water partition coefficient (Wildman–Crippen LogP) is 2.59. The van der Waals surface area contributed by atoms with Crippen LogP contribution >= 0.6 is 0 Å². The van der Waals surface area contributed by atoms with E-state index < -0.39 is 5.97 Å². The van der Waals surface area contributed by atoms with Gasteiger partial charge in [0.05, 0.1) is 26.0 Å². The molecule has 0 saturated heterocycles. The fraction of sp³-hybridized carbons (Fsp3) is 0.455. The summed E-state index contributed by atoms with van der Waals surface area (Å²) in [6, 6.07) is 8.69. The predicted molar refractivity (Wildman–Crippen MR) is 111 cm³/mol. The van der Waals surface area contributed by atoms with Gasteiger partial charge in [0, 0.05) is 18.9 Å². The lowest BCUT2D eigenvalue weighted by Crippen LogP contribution is -2.22. The van der Waals surface area contributed by atoms with E-state index >= 15 is 0 Å². The highest BCUT2D eigenvalue weighted by Crippen LogP contribution is 2.17. The Morgan fingerprint density at radius 2 is 1.70 bits per heavy atom. The monoisotopic (exact) mass is 419 g/mol. The Morgan fingerprint density at radius 1 is 0.967 bits per heavy atom. The quantitative estimate of drug-likeness (QED) is 0.364. The average molecular weight is 419 g/mol. The second-order valence-electron chi connectivity index (χ2n) is 6.43. The molecule has 2 rings (SSSR count). The van der Waals surface area contributed by atoms with Crippen LogP contribution in [0.1, 0.15) is 19.0 Å². The highest BCUT2D eigenvalue weighted by Gasteiger charge is 2.12. The van der Waals surface area contributed by atoms with Gasteiger partial charge in [-0.05, 0) is 37.6 Å². The van der Waals surface area contributed by atoms with Crippen molar-refractivity contribution in [1.29, 1.82) is 0 Å². The normalized spacial score (nSPS) is 10.5. The molecular weight excluding hydrogens is 390 g/mol. The van der Waals surface area contributed by atoms with Gasteiger partial charge in [-0.1, -0.05) is 6.92 Å². The lowest BCUT2D eigenvalue weighted by Gasteiger charge is -2.15. The van der Waals surface area contributed by atoms with Crippen LogP contribution in [0, 0.1) is 6.92 Å². The third-order valence-corrected chi connectivity index (χ3v) is 4.22. The van der Waals surface area contributed by atoms with Crippen molar-refractivity contribution < 1.29 is 28.5 Å². The van der Waals surface area contributed by atoms with Crippen LogP contribution in [-0.4, -0.2) is 50.7 Å². The molecule has 0 unspecified atom stereocenters. The molecule has 0 radical (unpaired) electrons. The lowest BCUT2D eigenvalue weighted by atomic mass is 10.3. The van der Waals surface area contributed by atoms with Crippen molar-refractivity contribution in [1.82, 2.24) is 4.57 Å². The maximum atomic E-state index is 12.1. The van der Waals surface area contributed by atoms with Crippen molar-refractivity contribution in [3.63, 3.8) is 0 Å². The Kier molecular flexibility index (Phi) is 9.73. The molecule has 0 atom stereocenters. The topological polar surface area (TPSA) is 85.2 Å². The summed E-state index contributed by atoms with van der Waals surface area (Å²) in [4.78, 5) is 23.9. The molecule has 0 fully saturated rings. The van der Waals surface area contributed by atoms with E-state index in [1.165, 1.54) is 6.07 Å².